The second-order valence-electron chi connectivity index (χ2n) is 4.88. The van der Waals surface area contributed by atoms with Gasteiger partial charge >= 0.3 is 5.22 Å². The molecule has 3 aromatic rings. The summed E-state index contributed by atoms with van der Waals surface area (Å²) < 4.78 is 31.3. The van der Waals surface area contributed by atoms with Crippen LogP contribution in [0, 0.1) is 0 Å². The summed E-state index contributed by atoms with van der Waals surface area (Å²) in [6.07, 6.45) is 0. The number of carbonyl (C=O) groups is 1. The maximum absolute atomic E-state index is 12.3. The van der Waals surface area contributed by atoms with Crippen molar-refractivity contribution in [1.29, 1.82) is 0 Å². The first-order valence-corrected chi connectivity index (χ1v) is 9.92. The summed E-state index contributed by atoms with van der Waals surface area (Å²) in [5.41, 5.74) is 1.25. The van der Waals surface area contributed by atoms with E-state index in [0.717, 1.165) is 4.47 Å². The van der Waals surface area contributed by atoms with Gasteiger partial charge in [0.2, 0.25) is 15.7 Å². The molecule has 9 heteroatoms. The van der Waals surface area contributed by atoms with Crippen LogP contribution in [0.2, 0.25) is 0 Å². The quantitative estimate of drug-likeness (QED) is 0.623. The van der Waals surface area contributed by atoms with E-state index in [-0.39, 0.29) is 0 Å². The summed E-state index contributed by atoms with van der Waals surface area (Å²) in [5, 5.41) is 2.08. The van der Waals surface area contributed by atoms with Crippen molar-refractivity contribution in [2.75, 3.05) is 11.1 Å². The number of carbonyl (C=O) groups excluding carboxylic acids is 1. The van der Waals surface area contributed by atoms with Crippen LogP contribution in [0.25, 0.3) is 11.1 Å². The number of fused-ring (bicyclic) bond motifs is 1. The molecule has 2 aromatic carbocycles. The normalized spacial score (nSPS) is 11.6. The lowest BCUT2D eigenvalue weighted by atomic mass is 10.3. The first-order valence-electron chi connectivity index (χ1n) is 6.68. The molecule has 0 aliphatic carbocycles. The van der Waals surface area contributed by atoms with Gasteiger partial charge in [0, 0.05) is 8.95 Å². The van der Waals surface area contributed by atoms with Gasteiger partial charge in [0.1, 0.15) is 11.3 Å². The van der Waals surface area contributed by atoms with E-state index in [9.17, 15) is 13.2 Å². The van der Waals surface area contributed by atoms with E-state index in [1.54, 1.807) is 42.5 Å². The van der Waals surface area contributed by atoms with Crippen LogP contribution in [0.4, 0.5) is 5.69 Å². The number of nitrogens with one attached hydrogen (secondary N) is 1. The lowest BCUT2D eigenvalue weighted by Gasteiger charge is -2.07. The predicted molar refractivity (Wildman–Crippen MR) is 96.5 cm³/mol. The van der Waals surface area contributed by atoms with Crippen molar-refractivity contribution in [2.45, 2.75) is 5.22 Å². The molecule has 6 nitrogen and oxygen atoms in total. The molecule has 0 fully saturated rings. The van der Waals surface area contributed by atoms with E-state index < -0.39 is 26.7 Å². The molecule has 24 heavy (non-hydrogen) atoms. The molecule has 0 spiro atoms. The highest BCUT2D eigenvalue weighted by atomic mass is 79.9. The molecule has 1 amide bonds. The molecule has 1 N–H and O–H groups in total. The van der Waals surface area contributed by atoms with Crippen molar-refractivity contribution in [2.24, 2.45) is 0 Å². The summed E-state index contributed by atoms with van der Waals surface area (Å²) in [5.74, 6) is -1.44. The van der Waals surface area contributed by atoms with E-state index >= 15 is 0 Å². The SMILES string of the molecule is O=C(CS(=O)(=O)c1nc2ccccc2o1)Nc1ccc(Br)cc1Br. The van der Waals surface area contributed by atoms with Crippen molar-refractivity contribution < 1.29 is 17.6 Å². The van der Waals surface area contributed by atoms with Gasteiger partial charge in [-0.25, -0.2) is 8.42 Å². The van der Waals surface area contributed by atoms with Crippen molar-refractivity contribution in [1.82, 2.24) is 4.98 Å². The van der Waals surface area contributed by atoms with Gasteiger partial charge in [-0.3, -0.25) is 4.79 Å². The van der Waals surface area contributed by atoms with Crippen LogP contribution in [0.1, 0.15) is 0 Å². The van der Waals surface area contributed by atoms with Gasteiger partial charge in [0.15, 0.2) is 5.58 Å². The zero-order chi connectivity index (χ0) is 17.3. The summed E-state index contributed by atoms with van der Waals surface area (Å²) in [4.78, 5) is 16.0. The molecule has 0 radical (unpaired) electrons. The molecule has 0 unspecified atom stereocenters. The summed E-state index contributed by atoms with van der Waals surface area (Å²) in [7, 11) is -3.98. The number of benzene rings is 2. The Morgan fingerprint density at radius 2 is 1.92 bits per heavy atom. The van der Waals surface area contributed by atoms with Gasteiger partial charge in [-0.2, -0.15) is 4.98 Å². The maximum atomic E-state index is 12.3. The Hall–Kier alpha value is -1.71. The van der Waals surface area contributed by atoms with Crippen molar-refractivity contribution in [3.63, 3.8) is 0 Å². The second-order valence-corrected chi connectivity index (χ2v) is 8.52. The number of rotatable bonds is 4. The smallest absolute Gasteiger partial charge is 0.316 e. The molecule has 124 valence electrons. The van der Waals surface area contributed by atoms with Crippen LogP contribution in [-0.2, 0) is 14.6 Å². The number of hydrogen-bond donors (Lipinski definition) is 1. The maximum Gasteiger partial charge on any atom is 0.316 e. The monoisotopic (exact) mass is 472 g/mol. The first kappa shape index (κ1) is 17.1. The van der Waals surface area contributed by atoms with Crippen LogP contribution >= 0.6 is 31.9 Å². The number of hydrogen-bond acceptors (Lipinski definition) is 5. The van der Waals surface area contributed by atoms with Gasteiger partial charge in [0.05, 0.1) is 5.69 Å². The molecule has 0 bridgehead atoms. The Labute approximate surface area is 154 Å². The van der Waals surface area contributed by atoms with Crippen molar-refractivity contribution in [3.8, 4) is 0 Å². The number of anilines is 1. The first-order chi connectivity index (χ1) is 11.3. The Morgan fingerprint density at radius 1 is 1.17 bits per heavy atom. The molecule has 0 saturated carbocycles. The molecule has 1 heterocycles. The van der Waals surface area contributed by atoms with Gasteiger partial charge < -0.3 is 9.73 Å². The Balaban J connectivity index is 1.79. The molecular weight excluding hydrogens is 464 g/mol. The highest BCUT2D eigenvalue weighted by Crippen LogP contribution is 2.26. The minimum Gasteiger partial charge on any atom is -0.428 e. The van der Waals surface area contributed by atoms with E-state index in [2.05, 4.69) is 42.2 Å². The number of sulfone groups is 1. The summed E-state index contributed by atoms with van der Waals surface area (Å²) in [6, 6.07) is 11.8. The summed E-state index contributed by atoms with van der Waals surface area (Å²) in [6.45, 7) is 0. The summed E-state index contributed by atoms with van der Waals surface area (Å²) >= 11 is 6.60. The molecule has 0 aliphatic heterocycles. The fourth-order valence-electron chi connectivity index (χ4n) is 2.00. The number of nitrogens with zero attached hydrogens (tertiary/aromatic N) is 1. The zero-order valence-electron chi connectivity index (χ0n) is 12.0. The van der Waals surface area contributed by atoms with Crippen LogP contribution in [0.5, 0.6) is 0 Å². The molecular formula is C15H10Br2N2O4S. The number of para-hydroxylation sites is 2. The van der Waals surface area contributed by atoms with E-state index in [0.29, 0.717) is 21.3 Å². The third-order valence-corrected chi connectivity index (χ3v) is 5.56. The second kappa shape index (κ2) is 6.66. The average Bonchev–Trinajstić information content (AvgIpc) is 2.94. The number of halogens is 2. The van der Waals surface area contributed by atoms with Crippen molar-refractivity contribution in [3.05, 3.63) is 51.4 Å². The Bertz CT molecular complexity index is 998. The predicted octanol–water partition coefficient (Wildman–Crippen LogP) is 3.77. The van der Waals surface area contributed by atoms with Crippen LogP contribution in [0.3, 0.4) is 0 Å². The van der Waals surface area contributed by atoms with Gasteiger partial charge in [-0.1, -0.05) is 28.1 Å². The largest absolute Gasteiger partial charge is 0.428 e. The molecule has 3 rings (SSSR count). The van der Waals surface area contributed by atoms with Crippen LogP contribution in [0.15, 0.2) is 61.0 Å². The number of oxazole rings is 1. The van der Waals surface area contributed by atoms with Gasteiger partial charge in [0.25, 0.3) is 0 Å². The average molecular weight is 474 g/mol. The number of amides is 1. The molecule has 1 aromatic heterocycles. The van der Waals surface area contributed by atoms with Gasteiger partial charge in [-0.15, -0.1) is 0 Å². The van der Waals surface area contributed by atoms with Crippen LogP contribution < -0.4 is 5.32 Å². The van der Waals surface area contributed by atoms with Gasteiger partial charge in [-0.05, 0) is 46.3 Å². The fourth-order valence-corrected chi connectivity index (χ4v) is 4.14. The van der Waals surface area contributed by atoms with E-state index in [1.165, 1.54) is 0 Å². The lowest BCUT2D eigenvalue weighted by molar-refractivity contribution is -0.113. The molecule has 0 saturated heterocycles. The highest BCUT2D eigenvalue weighted by Gasteiger charge is 2.25. The minimum atomic E-state index is -3.98. The Morgan fingerprint density at radius 3 is 2.62 bits per heavy atom. The third kappa shape index (κ3) is 3.68. The van der Waals surface area contributed by atoms with Crippen molar-refractivity contribution >= 4 is 64.4 Å². The third-order valence-electron chi connectivity index (χ3n) is 3.07. The minimum absolute atomic E-state index is 0.354. The lowest BCUT2D eigenvalue weighted by Crippen LogP contribution is -2.23. The zero-order valence-corrected chi connectivity index (χ0v) is 16.0. The topological polar surface area (TPSA) is 89.3 Å². The molecule has 0 atom stereocenters. The standard InChI is InChI=1S/C15H10Br2N2O4S/c16-9-5-6-11(10(17)7-9)18-14(20)8-24(21,22)15-19-12-3-1-2-4-13(12)23-15/h1-7H,8H2,(H,18,20). The van der Waals surface area contributed by atoms with E-state index in [1.807, 2.05) is 0 Å². The van der Waals surface area contributed by atoms with Crippen LogP contribution in [-0.4, -0.2) is 25.1 Å². The highest BCUT2D eigenvalue weighted by molar-refractivity contribution is 9.11. The Kier molecular flexibility index (Phi) is 4.75. The molecule has 0 aliphatic rings. The number of aromatic nitrogens is 1. The fraction of sp³-hybridized carbons (Fsp3) is 0.0667. The van der Waals surface area contributed by atoms with E-state index in [4.69, 9.17) is 4.42 Å².